The molecule has 28 heavy (non-hydrogen) atoms. The van der Waals surface area contributed by atoms with Crippen LogP contribution in [0.25, 0.3) is 0 Å². The van der Waals surface area contributed by atoms with Crippen molar-refractivity contribution >= 4 is 17.5 Å². The molecule has 2 amide bonds. The molecule has 2 N–H and O–H groups in total. The summed E-state index contributed by atoms with van der Waals surface area (Å²) in [5, 5.41) is 2.69. The first-order chi connectivity index (χ1) is 13.5. The van der Waals surface area contributed by atoms with Crippen LogP contribution in [0.2, 0.25) is 0 Å². The number of aryl methyl sites for hydroxylation is 1. The predicted molar refractivity (Wildman–Crippen MR) is 102 cm³/mol. The zero-order valence-corrected chi connectivity index (χ0v) is 15.6. The van der Waals surface area contributed by atoms with E-state index in [2.05, 4.69) is 5.32 Å². The van der Waals surface area contributed by atoms with Gasteiger partial charge in [0.1, 0.15) is 11.6 Å². The van der Waals surface area contributed by atoms with E-state index in [0.717, 1.165) is 4.90 Å². The number of piperazine rings is 1. The van der Waals surface area contributed by atoms with Gasteiger partial charge in [-0.05, 0) is 36.2 Å². The van der Waals surface area contributed by atoms with E-state index >= 15 is 0 Å². The summed E-state index contributed by atoms with van der Waals surface area (Å²) in [6.07, 6.45) is 0.658. The zero-order chi connectivity index (χ0) is 19.9. The fourth-order valence-corrected chi connectivity index (χ4v) is 3.35. The second-order valence-corrected chi connectivity index (χ2v) is 6.96. The normalized spacial score (nSPS) is 14.7. The van der Waals surface area contributed by atoms with Crippen molar-refractivity contribution in [2.24, 2.45) is 0 Å². The smallest absolute Gasteiger partial charge is 0.279 e. The Balaban J connectivity index is 1.40. The largest absolute Gasteiger partial charge is 0.331 e. The van der Waals surface area contributed by atoms with E-state index in [1.165, 1.54) is 18.2 Å². The number of nitrogens with zero attached hydrogens (tertiary/aromatic N) is 1. The molecule has 0 spiro atoms. The van der Waals surface area contributed by atoms with E-state index in [9.17, 15) is 18.4 Å². The van der Waals surface area contributed by atoms with E-state index in [0.29, 0.717) is 43.9 Å². The van der Waals surface area contributed by atoms with Gasteiger partial charge in [0.15, 0.2) is 6.54 Å². The Bertz CT molecular complexity index is 836. The molecular weight excluding hydrogens is 364 g/mol. The fourth-order valence-electron chi connectivity index (χ4n) is 3.35. The van der Waals surface area contributed by atoms with Crippen molar-refractivity contribution in [3.8, 4) is 0 Å². The molecule has 0 aliphatic carbocycles. The number of benzene rings is 2. The van der Waals surface area contributed by atoms with Crippen molar-refractivity contribution in [2.45, 2.75) is 12.8 Å². The Morgan fingerprint density at radius 3 is 2.50 bits per heavy atom. The zero-order valence-electron chi connectivity index (χ0n) is 15.6. The summed E-state index contributed by atoms with van der Waals surface area (Å²) in [6.45, 7) is 2.75. The minimum Gasteiger partial charge on any atom is -0.331 e. The first-order valence-corrected chi connectivity index (χ1v) is 9.41. The van der Waals surface area contributed by atoms with Crippen LogP contribution in [0.15, 0.2) is 48.5 Å². The summed E-state index contributed by atoms with van der Waals surface area (Å²) in [5.41, 5.74) is 0.987. The van der Waals surface area contributed by atoms with Gasteiger partial charge in [-0.15, -0.1) is 0 Å². The quantitative estimate of drug-likeness (QED) is 0.783. The highest BCUT2D eigenvalue weighted by molar-refractivity contribution is 5.91. The Morgan fingerprint density at radius 2 is 1.79 bits per heavy atom. The summed E-state index contributed by atoms with van der Waals surface area (Å²) in [7, 11) is 0. The number of hydrogen-bond acceptors (Lipinski definition) is 2. The molecule has 0 unspecified atom stereocenters. The lowest BCUT2D eigenvalue weighted by Gasteiger charge is -2.32. The standard InChI is InChI=1S/C21H23F2N3O2/c22-17-5-3-6-18(14-17)24-20(27)15-25-10-12-26(13-11-25)21(28)9-8-16-4-1-2-7-19(16)23/h1-7,14H,8-13,15H2,(H,24,27)/p+1. The predicted octanol–water partition coefficient (Wildman–Crippen LogP) is 1.26. The van der Waals surface area contributed by atoms with Gasteiger partial charge >= 0.3 is 0 Å². The SMILES string of the molecule is O=C(C[NH+]1CCN(C(=O)CCc2ccccc2F)CC1)Nc1cccc(F)c1. The molecule has 2 aromatic carbocycles. The van der Waals surface area contributed by atoms with Gasteiger partial charge < -0.3 is 15.1 Å². The van der Waals surface area contributed by atoms with Gasteiger partial charge in [0.25, 0.3) is 5.91 Å². The molecule has 0 bridgehead atoms. The third-order valence-electron chi connectivity index (χ3n) is 4.91. The van der Waals surface area contributed by atoms with Gasteiger partial charge in [0.05, 0.1) is 26.2 Å². The summed E-state index contributed by atoms with van der Waals surface area (Å²) >= 11 is 0. The number of rotatable bonds is 6. The van der Waals surface area contributed by atoms with Gasteiger partial charge in [-0.25, -0.2) is 8.78 Å². The van der Waals surface area contributed by atoms with Crippen molar-refractivity contribution in [1.29, 1.82) is 0 Å². The van der Waals surface area contributed by atoms with Crippen LogP contribution in [0.1, 0.15) is 12.0 Å². The van der Waals surface area contributed by atoms with Crippen molar-refractivity contribution in [3.63, 3.8) is 0 Å². The molecule has 1 aliphatic heterocycles. The summed E-state index contributed by atoms with van der Waals surface area (Å²) in [6, 6.07) is 12.3. The molecule has 0 aromatic heterocycles. The molecule has 0 saturated carbocycles. The number of halogens is 2. The number of carbonyl (C=O) groups excluding carboxylic acids is 2. The van der Waals surface area contributed by atoms with Gasteiger partial charge in [0.2, 0.25) is 5.91 Å². The molecule has 7 heteroatoms. The lowest BCUT2D eigenvalue weighted by atomic mass is 10.1. The molecule has 2 aromatic rings. The van der Waals surface area contributed by atoms with Crippen LogP contribution >= 0.6 is 0 Å². The average molecular weight is 388 g/mol. The minimum absolute atomic E-state index is 0.00603. The molecule has 5 nitrogen and oxygen atoms in total. The highest BCUT2D eigenvalue weighted by Gasteiger charge is 2.25. The number of nitrogens with one attached hydrogen (secondary N) is 2. The summed E-state index contributed by atoms with van der Waals surface area (Å²) in [5.74, 6) is -0.854. The van der Waals surface area contributed by atoms with Crippen LogP contribution in [-0.4, -0.2) is 49.4 Å². The Labute approximate surface area is 162 Å². The van der Waals surface area contributed by atoms with E-state index < -0.39 is 5.82 Å². The number of quaternary nitrogens is 1. The highest BCUT2D eigenvalue weighted by Crippen LogP contribution is 2.10. The maximum atomic E-state index is 13.6. The monoisotopic (exact) mass is 388 g/mol. The second kappa shape index (κ2) is 9.41. The van der Waals surface area contributed by atoms with Gasteiger partial charge in [-0.1, -0.05) is 24.3 Å². The van der Waals surface area contributed by atoms with Crippen LogP contribution in [0.3, 0.4) is 0 Å². The molecule has 3 rings (SSSR count). The third-order valence-corrected chi connectivity index (χ3v) is 4.91. The van der Waals surface area contributed by atoms with Crippen LogP contribution < -0.4 is 10.2 Å². The molecule has 1 saturated heterocycles. The Kier molecular flexibility index (Phi) is 6.71. The van der Waals surface area contributed by atoms with Crippen molar-refractivity contribution in [1.82, 2.24) is 4.90 Å². The second-order valence-electron chi connectivity index (χ2n) is 6.96. The number of anilines is 1. The first-order valence-electron chi connectivity index (χ1n) is 9.41. The molecule has 1 fully saturated rings. The van der Waals surface area contributed by atoms with Gasteiger partial charge in [-0.3, -0.25) is 9.59 Å². The van der Waals surface area contributed by atoms with Crippen LogP contribution in [0.4, 0.5) is 14.5 Å². The number of carbonyl (C=O) groups is 2. The minimum atomic E-state index is -0.396. The Morgan fingerprint density at radius 1 is 1.04 bits per heavy atom. The topological polar surface area (TPSA) is 53.9 Å². The maximum absolute atomic E-state index is 13.6. The highest BCUT2D eigenvalue weighted by atomic mass is 19.1. The van der Waals surface area contributed by atoms with E-state index in [1.54, 1.807) is 35.2 Å². The van der Waals surface area contributed by atoms with Crippen molar-refractivity contribution in [2.75, 3.05) is 38.0 Å². The molecule has 0 radical (unpaired) electrons. The molecule has 0 atom stereocenters. The van der Waals surface area contributed by atoms with Crippen LogP contribution in [-0.2, 0) is 16.0 Å². The summed E-state index contributed by atoms with van der Waals surface area (Å²) < 4.78 is 26.8. The van der Waals surface area contributed by atoms with Crippen molar-refractivity contribution < 1.29 is 23.3 Å². The van der Waals surface area contributed by atoms with E-state index in [4.69, 9.17) is 0 Å². The molecule has 1 aliphatic rings. The number of hydrogen-bond donors (Lipinski definition) is 2. The Hall–Kier alpha value is -2.80. The molecule has 148 valence electrons. The fraction of sp³-hybridized carbons (Fsp3) is 0.333. The van der Waals surface area contributed by atoms with E-state index in [-0.39, 0.29) is 30.6 Å². The number of amides is 2. The van der Waals surface area contributed by atoms with Crippen LogP contribution in [0, 0.1) is 11.6 Å². The first kappa shape index (κ1) is 19.9. The third kappa shape index (κ3) is 5.60. The van der Waals surface area contributed by atoms with E-state index in [1.807, 2.05) is 0 Å². The molecule has 1 heterocycles. The van der Waals surface area contributed by atoms with Gasteiger partial charge in [0, 0.05) is 12.1 Å². The maximum Gasteiger partial charge on any atom is 0.279 e. The average Bonchev–Trinajstić information content (AvgIpc) is 2.67. The van der Waals surface area contributed by atoms with Crippen LogP contribution in [0.5, 0.6) is 0 Å². The summed E-state index contributed by atoms with van der Waals surface area (Å²) in [4.78, 5) is 27.3. The van der Waals surface area contributed by atoms with Crippen molar-refractivity contribution in [3.05, 3.63) is 65.7 Å². The molecular formula is C21H24F2N3O2+. The lowest BCUT2D eigenvalue weighted by Crippen LogP contribution is -3.15. The lowest BCUT2D eigenvalue weighted by molar-refractivity contribution is -0.895. The van der Waals surface area contributed by atoms with Gasteiger partial charge in [-0.2, -0.15) is 0 Å².